The number of imidazole rings is 1. The van der Waals surface area contributed by atoms with Crippen LogP contribution in [-0.2, 0) is 19.5 Å². The molecule has 29 heavy (non-hydrogen) atoms. The zero-order chi connectivity index (χ0) is 19.8. The van der Waals surface area contributed by atoms with Gasteiger partial charge >= 0.3 is 0 Å². The molecular formula is C22H19N5O2. The van der Waals surface area contributed by atoms with Crippen molar-refractivity contribution in [3.05, 3.63) is 100.0 Å². The lowest BCUT2D eigenvalue weighted by Gasteiger charge is -2.28. The summed E-state index contributed by atoms with van der Waals surface area (Å²) in [4.78, 5) is 35.8. The molecule has 1 aliphatic heterocycles. The zero-order valence-electron chi connectivity index (χ0n) is 15.7. The van der Waals surface area contributed by atoms with Crippen molar-refractivity contribution in [3.8, 4) is 0 Å². The highest BCUT2D eigenvalue weighted by Crippen LogP contribution is 2.19. The van der Waals surface area contributed by atoms with Crippen molar-refractivity contribution in [2.75, 3.05) is 6.54 Å². The molecule has 0 bridgehead atoms. The topological polar surface area (TPSA) is 72.5 Å². The second-order valence-corrected chi connectivity index (χ2v) is 7.21. The van der Waals surface area contributed by atoms with E-state index in [0.717, 1.165) is 16.7 Å². The Morgan fingerprint density at radius 3 is 2.76 bits per heavy atom. The van der Waals surface area contributed by atoms with E-state index in [-0.39, 0.29) is 11.5 Å². The van der Waals surface area contributed by atoms with Gasteiger partial charge in [-0.15, -0.1) is 0 Å². The van der Waals surface area contributed by atoms with Gasteiger partial charge in [0.05, 0.1) is 6.54 Å². The summed E-state index contributed by atoms with van der Waals surface area (Å²) in [5.41, 5.74) is 3.45. The van der Waals surface area contributed by atoms with E-state index < -0.39 is 0 Å². The Hall–Kier alpha value is -3.74. The molecule has 4 heterocycles. The third-order valence-corrected chi connectivity index (χ3v) is 5.25. The molecule has 7 heteroatoms. The van der Waals surface area contributed by atoms with E-state index in [1.807, 2.05) is 42.7 Å². The van der Waals surface area contributed by atoms with Crippen LogP contribution in [0.3, 0.4) is 0 Å². The first-order valence-electron chi connectivity index (χ1n) is 9.52. The Morgan fingerprint density at radius 2 is 1.93 bits per heavy atom. The van der Waals surface area contributed by atoms with Gasteiger partial charge in [0, 0.05) is 43.9 Å². The maximum atomic E-state index is 13.0. The van der Waals surface area contributed by atoms with Crippen LogP contribution in [0.4, 0.5) is 0 Å². The lowest BCUT2D eigenvalue weighted by molar-refractivity contribution is 0.0729. The number of fused-ring (bicyclic) bond motifs is 2. The van der Waals surface area contributed by atoms with E-state index >= 15 is 0 Å². The predicted molar refractivity (Wildman–Crippen MR) is 108 cm³/mol. The first-order chi connectivity index (χ1) is 14.2. The highest BCUT2D eigenvalue weighted by Gasteiger charge is 2.24. The molecular weight excluding hydrogens is 366 g/mol. The molecule has 144 valence electrons. The molecule has 5 rings (SSSR count). The Kier molecular flexibility index (Phi) is 4.20. The molecule has 0 spiro atoms. The number of pyridine rings is 1. The van der Waals surface area contributed by atoms with Crippen molar-refractivity contribution in [2.45, 2.75) is 19.5 Å². The summed E-state index contributed by atoms with van der Waals surface area (Å²) in [7, 11) is 0. The smallest absolute Gasteiger partial charge is 0.274 e. The van der Waals surface area contributed by atoms with Crippen LogP contribution >= 0.6 is 0 Å². The summed E-state index contributed by atoms with van der Waals surface area (Å²) in [5, 5.41) is 0. The summed E-state index contributed by atoms with van der Waals surface area (Å²) in [6.07, 6.45) is 7.72. The van der Waals surface area contributed by atoms with Crippen LogP contribution in [0.25, 0.3) is 5.78 Å². The SMILES string of the molecule is O=C(c1cn2cccnc2n1)N1CCc2cc(=O)n(Cc3ccccc3)cc2C1. The molecule has 1 aliphatic rings. The number of nitrogens with zero attached hydrogens (tertiary/aromatic N) is 5. The van der Waals surface area contributed by atoms with Gasteiger partial charge in [-0.2, -0.15) is 0 Å². The molecule has 0 fully saturated rings. The Labute approximate surface area is 166 Å². The summed E-state index contributed by atoms with van der Waals surface area (Å²) in [6.45, 7) is 1.54. The number of benzene rings is 1. The van der Waals surface area contributed by atoms with Gasteiger partial charge in [0.15, 0.2) is 0 Å². The van der Waals surface area contributed by atoms with Crippen molar-refractivity contribution < 1.29 is 4.79 Å². The summed E-state index contributed by atoms with van der Waals surface area (Å²) >= 11 is 0. The molecule has 0 radical (unpaired) electrons. The van der Waals surface area contributed by atoms with Crippen LogP contribution in [0.2, 0.25) is 0 Å². The summed E-state index contributed by atoms with van der Waals surface area (Å²) in [5.74, 6) is 0.381. The van der Waals surface area contributed by atoms with E-state index in [1.165, 1.54) is 0 Å². The number of hydrogen-bond acceptors (Lipinski definition) is 4. The average molecular weight is 385 g/mol. The zero-order valence-corrected chi connectivity index (χ0v) is 15.7. The van der Waals surface area contributed by atoms with E-state index in [0.29, 0.717) is 37.5 Å². The average Bonchev–Trinajstić information content (AvgIpc) is 3.18. The second kappa shape index (κ2) is 7.01. The first-order valence-corrected chi connectivity index (χ1v) is 9.52. The maximum Gasteiger partial charge on any atom is 0.274 e. The lowest BCUT2D eigenvalue weighted by Crippen LogP contribution is -2.37. The quantitative estimate of drug-likeness (QED) is 0.542. The predicted octanol–water partition coefficient (Wildman–Crippen LogP) is 2.14. The van der Waals surface area contributed by atoms with Gasteiger partial charge in [0.25, 0.3) is 11.5 Å². The maximum absolute atomic E-state index is 13.0. The minimum absolute atomic E-state index is 0.0150. The van der Waals surface area contributed by atoms with E-state index in [4.69, 9.17) is 0 Å². The Morgan fingerprint density at radius 1 is 1.07 bits per heavy atom. The molecule has 0 saturated carbocycles. The molecule has 0 atom stereocenters. The van der Waals surface area contributed by atoms with Crippen molar-refractivity contribution in [3.63, 3.8) is 0 Å². The minimum atomic E-state index is -0.123. The minimum Gasteiger partial charge on any atom is -0.333 e. The number of carbonyl (C=O) groups excluding carboxylic acids is 1. The van der Waals surface area contributed by atoms with E-state index in [2.05, 4.69) is 9.97 Å². The second-order valence-electron chi connectivity index (χ2n) is 7.21. The monoisotopic (exact) mass is 385 g/mol. The lowest BCUT2D eigenvalue weighted by atomic mass is 10.0. The molecule has 7 nitrogen and oxygen atoms in total. The molecule has 0 aliphatic carbocycles. The van der Waals surface area contributed by atoms with Gasteiger partial charge in [0.2, 0.25) is 5.78 Å². The number of amides is 1. The highest BCUT2D eigenvalue weighted by atomic mass is 16.2. The fraction of sp³-hybridized carbons (Fsp3) is 0.182. The summed E-state index contributed by atoms with van der Waals surface area (Å²) < 4.78 is 3.44. The Balaban J connectivity index is 1.41. The van der Waals surface area contributed by atoms with Crippen LogP contribution in [0.1, 0.15) is 27.2 Å². The van der Waals surface area contributed by atoms with Crippen LogP contribution in [0.15, 0.2) is 72.0 Å². The highest BCUT2D eigenvalue weighted by molar-refractivity contribution is 5.92. The largest absolute Gasteiger partial charge is 0.333 e. The van der Waals surface area contributed by atoms with Crippen molar-refractivity contribution in [2.24, 2.45) is 0 Å². The van der Waals surface area contributed by atoms with Crippen LogP contribution in [0.5, 0.6) is 0 Å². The molecule has 1 amide bonds. The summed E-state index contributed by atoms with van der Waals surface area (Å²) in [6, 6.07) is 13.4. The van der Waals surface area contributed by atoms with Crippen molar-refractivity contribution in [1.29, 1.82) is 0 Å². The number of hydrogen-bond donors (Lipinski definition) is 0. The van der Waals surface area contributed by atoms with Crippen molar-refractivity contribution >= 4 is 11.7 Å². The first kappa shape index (κ1) is 17.4. The van der Waals surface area contributed by atoms with Crippen LogP contribution < -0.4 is 5.56 Å². The fourth-order valence-electron chi connectivity index (χ4n) is 3.75. The molecule has 1 aromatic carbocycles. The van der Waals surface area contributed by atoms with Crippen LogP contribution in [0, 0.1) is 0 Å². The van der Waals surface area contributed by atoms with Gasteiger partial charge in [-0.05, 0) is 29.2 Å². The van der Waals surface area contributed by atoms with Gasteiger partial charge in [-0.25, -0.2) is 9.97 Å². The number of rotatable bonds is 3. The van der Waals surface area contributed by atoms with Gasteiger partial charge < -0.3 is 9.47 Å². The van der Waals surface area contributed by atoms with Crippen LogP contribution in [-0.4, -0.2) is 36.3 Å². The molecule has 3 aromatic heterocycles. The molecule has 0 saturated heterocycles. The standard InChI is InChI=1S/C22H19N5O2/c28-20-11-17-7-10-25(21(29)19-15-26-9-4-8-23-22(26)24-19)13-18(17)14-27(20)12-16-5-2-1-3-6-16/h1-6,8-9,11,14-15H,7,10,12-13H2. The molecule has 4 aromatic rings. The van der Waals surface area contributed by atoms with E-state index in [9.17, 15) is 9.59 Å². The number of carbonyl (C=O) groups is 1. The van der Waals surface area contributed by atoms with Gasteiger partial charge in [0.1, 0.15) is 5.69 Å². The third kappa shape index (κ3) is 3.31. The Bertz CT molecular complexity index is 1230. The van der Waals surface area contributed by atoms with E-state index in [1.54, 1.807) is 38.4 Å². The van der Waals surface area contributed by atoms with Gasteiger partial charge in [-0.3, -0.25) is 14.0 Å². The molecule has 0 N–H and O–H groups in total. The van der Waals surface area contributed by atoms with Gasteiger partial charge in [-0.1, -0.05) is 30.3 Å². The normalized spacial score (nSPS) is 13.4. The molecule has 0 unspecified atom stereocenters. The van der Waals surface area contributed by atoms with Crippen molar-refractivity contribution in [1.82, 2.24) is 23.8 Å². The third-order valence-electron chi connectivity index (χ3n) is 5.25. The fourth-order valence-corrected chi connectivity index (χ4v) is 3.75. The number of aromatic nitrogens is 4.